The van der Waals surface area contributed by atoms with E-state index < -0.39 is 11.4 Å². The Labute approximate surface area is 203 Å². The monoisotopic (exact) mass is 491 g/mol. The van der Waals surface area contributed by atoms with Crippen LogP contribution in [-0.4, -0.2) is 54.6 Å². The van der Waals surface area contributed by atoms with Crippen LogP contribution in [0, 0.1) is 12.8 Å². The SMILES string of the molecule is Cc1cc(N2CC(C(=O)Cc3ccc(CO)cn3)C2)nc2c1c(=O)c(C(=O)O)cn2-c1nccs1. The number of thiazole rings is 1. The highest BCUT2D eigenvalue weighted by Gasteiger charge is 2.34. The number of aliphatic hydroxyl groups excluding tert-OH is 1. The second-order valence-electron chi connectivity index (χ2n) is 8.42. The minimum absolute atomic E-state index is 0.0776. The van der Waals surface area contributed by atoms with Gasteiger partial charge in [0.25, 0.3) is 0 Å². The Morgan fingerprint density at radius 2 is 2.03 bits per heavy atom. The molecule has 11 heteroatoms. The fourth-order valence-corrected chi connectivity index (χ4v) is 4.74. The minimum Gasteiger partial charge on any atom is -0.477 e. The lowest BCUT2D eigenvalue weighted by Crippen LogP contribution is -2.51. The average Bonchev–Trinajstić information content (AvgIpc) is 3.33. The quantitative estimate of drug-likeness (QED) is 0.397. The van der Waals surface area contributed by atoms with Crippen molar-refractivity contribution in [3.05, 3.63) is 74.8 Å². The van der Waals surface area contributed by atoms with Gasteiger partial charge in [0, 0.05) is 49.2 Å². The maximum absolute atomic E-state index is 12.9. The van der Waals surface area contributed by atoms with E-state index in [0.29, 0.717) is 46.5 Å². The van der Waals surface area contributed by atoms with Gasteiger partial charge in [-0.1, -0.05) is 6.07 Å². The molecule has 5 rings (SSSR count). The fourth-order valence-electron chi connectivity index (χ4n) is 4.12. The molecule has 0 aliphatic carbocycles. The standard InChI is InChI=1S/C24H21N5O5S/c1-13-6-19(28-9-15(10-28)18(31)7-16-3-2-14(12-30)8-26-16)27-22-20(13)21(32)17(23(33)34)11-29(22)24-25-4-5-35-24/h2-6,8,11,15,30H,7,9-10,12H2,1H3,(H,33,34). The number of Topliss-reactive ketones (excluding diaryl/α,β-unsaturated/α-hetero) is 1. The Hall–Kier alpha value is -3.96. The molecule has 0 bridgehead atoms. The number of carboxylic acid groups (broad SMARTS) is 1. The van der Waals surface area contributed by atoms with Gasteiger partial charge in [-0.2, -0.15) is 0 Å². The molecule has 0 saturated carbocycles. The summed E-state index contributed by atoms with van der Waals surface area (Å²) in [5.41, 5.74) is 1.35. The van der Waals surface area contributed by atoms with Crippen LogP contribution in [-0.2, 0) is 17.8 Å². The van der Waals surface area contributed by atoms with Gasteiger partial charge in [0.15, 0.2) is 10.8 Å². The summed E-state index contributed by atoms with van der Waals surface area (Å²) in [6, 6.07) is 5.25. The van der Waals surface area contributed by atoms with Crippen LogP contribution >= 0.6 is 11.3 Å². The molecule has 10 nitrogen and oxygen atoms in total. The molecule has 1 fully saturated rings. The number of carbonyl (C=O) groups is 2. The Balaban J connectivity index is 1.42. The maximum Gasteiger partial charge on any atom is 0.341 e. The topological polar surface area (TPSA) is 139 Å². The Morgan fingerprint density at radius 3 is 2.66 bits per heavy atom. The van der Waals surface area contributed by atoms with E-state index in [1.165, 1.54) is 22.1 Å². The number of hydrogen-bond donors (Lipinski definition) is 2. The number of carboxylic acids is 1. The molecule has 1 saturated heterocycles. The second kappa shape index (κ2) is 9.01. The highest BCUT2D eigenvalue weighted by molar-refractivity contribution is 7.12. The highest BCUT2D eigenvalue weighted by atomic mass is 32.1. The van der Waals surface area contributed by atoms with Crippen LogP contribution in [0.3, 0.4) is 0 Å². The molecule has 35 heavy (non-hydrogen) atoms. The number of carbonyl (C=O) groups excluding carboxylic acids is 1. The molecule has 0 aromatic carbocycles. The minimum atomic E-state index is -1.31. The fraction of sp³-hybridized carbons (Fsp3) is 0.250. The zero-order chi connectivity index (χ0) is 24.7. The van der Waals surface area contributed by atoms with Crippen molar-refractivity contribution < 1.29 is 19.8 Å². The average molecular weight is 492 g/mol. The van der Waals surface area contributed by atoms with Crippen molar-refractivity contribution in [3.8, 4) is 5.13 Å². The van der Waals surface area contributed by atoms with Crippen LogP contribution in [0.15, 0.2) is 47.0 Å². The third-order valence-corrected chi connectivity index (χ3v) is 6.85. The summed E-state index contributed by atoms with van der Waals surface area (Å²) in [5.74, 6) is -0.788. The summed E-state index contributed by atoms with van der Waals surface area (Å²) < 4.78 is 1.53. The van der Waals surface area contributed by atoms with Crippen molar-refractivity contribution in [3.63, 3.8) is 0 Å². The van der Waals surface area contributed by atoms with E-state index >= 15 is 0 Å². The third-order valence-electron chi connectivity index (χ3n) is 6.08. The van der Waals surface area contributed by atoms with Gasteiger partial charge in [0.1, 0.15) is 17.2 Å². The first-order chi connectivity index (χ1) is 16.9. The predicted molar refractivity (Wildman–Crippen MR) is 129 cm³/mol. The van der Waals surface area contributed by atoms with Crippen molar-refractivity contribution in [2.45, 2.75) is 20.0 Å². The van der Waals surface area contributed by atoms with Crippen molar-refractivity contribution in [1.29, 1.82) is 0 Å². The number of anilines is 1. The number of aromatic nitrogens is 4. The van der Waals surface area contributed by atoms with Crippen molar-refractivity contribution >= 4 is 39.9 Å². The van der Waals surface area contributed by atoms with Gasteiger partial charge in [-0.3, -0.25) is 19.1 Å². The number of aliphatic hydroxyl groups is 1. The van der Waals surface area contributed by atoms with Gasteiger partial charge >= 0.3 is 5.97 Å². The number of ketones is 1. The van der Waals surface area contributed by atoms with Gasteiger partial charge in [-0.05, 0) is 30.2 Å². The van der Waals surface area contributed by atoms with E-state index in [2.05, 4.69) is 15.0 Å². The van der Waals surface area contributed by atoms with Crippen molar-refractivity contribution in [2.75, 3.05) is 18.0 Å². The van der Waals surface area contributed by atoms with E-state index in [0.717, 1.165) is 0 Å². The summed E-state index contributed by atoms with van der Waals surface area (Å²) in [6.07, 6.45) is 4.64. The summed E-state index contributed by atoms with van der Waals surface area (Å²) >= 11 is 1.30. The van der Waals surface area contributed by atoms with Crippen LogP contribution in [0.2, 0.25) is 0 Å². The van der Waals surface area contributed by atoms with Gasteiger partial charge in [0.05, 0.1) is 17.9 Å². The molecule has 0 amide bonds. The molecule has 0 unspecified atom stereocenters. The molecular formula is C24H21N5O5S. The maximum atomic E-state index is 12.9. The van der Waals surface area contributed by atoms with E-state index in [4.69, 9.17) is 5.11 Å². The Morgan fingerprint density at radius 1 is 1.23 bits per heavy atom. The summed E-state index contributed by atoms with van der Waals surface area (Å²) in [4.78, 5) is 52.4. The number of hydrogen-bond acceptors (Lipinski definition) is 9. The van der Waals surface area contributed by atoms with Gasteiger partial charge < -0.3 is 15.1 Å². The number of fused-ring (bicyclic) bond motifs is 1. The molecule has 0 spiro atoms. The highest BCUT2D eigenvalue weighted by Crippen LogP contribution is 2.29. The molecule has 5 heterocycles. The lowest BCUT2D eigenvalue weighted by atomic mass is 9.92. The van der Waals surface area contributed by atoms with E-state index in [9.17, 15) is 19.5 Å². The van der Waals surface area contributed by atoms with E-state index in [1.807, 2.05) is 4.90 Å². The molecule has 0 atom stereocenters. The van der Waals surface area contributed by atoms with Gasteiger partial charge in [-0.15, -0.1) is 11.3 Å². The largest absolute Gasteiger partial charge is 0.477 e. The number of aryl methyl sites for hydroxylation is 1. The molecule has 4 aromatic rings. The first-order valence-corrected chi connectivity index (χ1v) is 11.8. The number of pyridine rings is 3. The zero-order valence-electron chi connectivity index (χ0n) is 18.7. The van der Waals surface area contributed by atoms with E-state index in [-0.39, 0.29) is 35.7 Å². The van der Waals surface area contributed by atoms with Gasteiger partial charge in [-0.25, -0.2) is 14.8 Å². The lowest BCUT2D eigenvalue weighted by molar-refractivity contribution is -0.123. The Kier molecular flexibility index (Phi) is 5.87. The van der Waals surface area contributed by atoms with E-state index in [1.54, 1.807) is 42.9 Å². The number of aromatic carboxylic acids is 1. The summed E-state index contributed by atoms with van der Waals surface area (Å²) in [6.45, 7) is 2.63. The van der Waals surface area contributed by atoms with Crippen molar-refractivity contribution in [1.82, 2.24) is 19.5 Å². The third kappa shape index (κ3) is 4.19. The lowest BCUT2D eigenvalue weighted by Gasteiger charge is -2.39. The normalized spacial score (nSPS) is 13.7. The molecule has 1 aliphatic heterocycles. The molecular weight excluding hydrogens is 470 g/mol. The zero-order valence-corrected chi connectivity index (χ0v) is 19.5. The molecule has 4 aromatic heterocycles. The Bertz CT molecular complexity index is 1490. The first-order valence-electron chi connectivity index (χ1n) is 10.9. The summed E-state index contributed by atoms with van der Waals surface area (Å²) in [7, 11) is 0. The van der Waals surface area contributed by atoms with Crippen LogP contribution in [0.25, 0.3) is 16.2 Å². The van der Waals surface area contributed by atoms with Crippen LogP contribution < -0.4 is 10.3 Å². The predicted octanol–water partition coefficient (Wildman–Crippen LogP) is 1.98. The first kappa shape index (κ1) is 22.8. The molecule has 178 valence electrons. The number of nitrogens with zero attached hydrogens (tertiary/aromatic N) is 5. The smallest absolute Gasteiger partial charge is 0.341 e. The number of rotatable bonds is 7. The summed E-state index contributed by atoms with van der Waals surface area (Å²) in [5, 5.41) is 21.1. The van der Waals surface area contributed by atoms with Crippen LogP contribution in [0.5, 0.6) is 0 Å². The molecule has 2 N–H and O–H groups in total. The van der Waals surface area contributed by atoms with Crippen molar-refractivity contribution in [2.24, 2.45) is 5.92 Å². The van der Waals surface area contributed by atoms with Crippen LogP contribution in [0.1, 0.15) is 27.2 Å². The molecule has 0 radical (unpaired) electrons. The van der Waals surface area contributed by atoms with Crippen LogP contribution in [0.4, 0.5) is 5.82 Å². The molecule has 1 aliphatic rings. The second-order valence-corrected chi connectivity index (χ2v) is 9.29. The van der Waals surface area contributed by atoms with Gasteiger partial charge in [0.2, 0.25) is 5.43 Å².